The number of aromatic nitrogens is 2. The monoisotopic (exact) mass is 305 g/mol. The zero-order chi connectivity index (χ0) is 15.5. The molecule has 0 bridgehead atoms. The Balaban J connectivity index is 1.65. The molecule has 22 heavy (non-hydrogen) atoms. The Hall–Kier alpha value is -2.24. The Morgan fingerprint density at radius 3 is 3.05 bits per heavy atom. The van der Waals surface area contributed by atoms with Gasteiger partial charge in [-0.2, -0.15) is 0 Å². The Bertz CT molecular complexity index is 657. The van der Waals surface area contributed by atoms with Crippen molar-refractivity contribution in [3.63, 3.8) is 0 Å². The summed E-state index contributed by atoms with van der Waals surface area (Å²) in [5.74, 6) is -0.234. The SMILES string of the molecule is O=C(CCc1cc(F)ccc1F)N1CCC[C@H]1c1ncc[nH]1. The molecule has 3 rings (SSSR count). The fourth-order valence-corrected chi connectivity index (χ4v) is 2.93. The Morgan fingerprint density at radius 1 is 1.41 bits per heavy atom. The highest BCUT2D eigenvalue weighted by atomic mass is 19.1. The first-order chi connectivity index (χ1) is 10.6. The highest BCUT2D eigenvalue weighted by Gasteiger charge is 2.31. The standard InChI is InChI=1S/C16H17F2N3O/c17-12-4-5-13(18)11(10-12)3-6-15(22)21-9-1-2-14(21)16-19-7-8-20-16/h4-5,7-8,10,14H,1-3,6,9H2,(H,19,20)/t14-/m0/s1. The van der Waals surface area contributed by atoms with Crippen molar-refractivity contribution in [2.24, 2.45) is 0 Å². The van der Waals surface area contributed by atoms with E-state index < -0.39 is 11.6 Å². The first-order valence-electron chi connectivity index (χ1n) is 7.38. The molecule has 1 N–H and O–H groups in total. The molecular formula is C16H17F2N3O. The van der Waals surface area contributed by atoms with Crippen molar-refractivity contribution in [2.75, 3.05) is 6.54 Å². The minimum absolute atomic E-state index is 0.0418. The molecule has 1 aliphatic heterocycles. The molecule has 0 aliphatic carbocycles. The van der Waals surface area contributed by atoms with Crippen LogP contribution >= 0.6 is 0 Å². The van der Waals surface area contributed by atoms with Gasteiger partial charge in [-0.3, -0.25) is 4.79 Å². The number of hydrogen-bond donors (Lipinski definition) is 1. The maximum Gasteiger partial charge on any atom is 0.223 e. The van der Waals surface area contributed by atoms with Crippen molar-refractivity contribution in [1.82, 2.24) is 14.9 Å². The van der Waals surface area contributed by atoms with Crippen molar-refractivity contribution >= 4 is 5.91 Å². The topological polar surface area (TPSA) is 49.0 Å². The number of carbonyl (C=O) groups excluding carboxylic acids is 1. The molecule has 1 aliphatic rings. The number of likely N-dealkylation sites (tertiary alicyclic amines) is 1. The minimum atomic E-state index is -0.488. The van der Waals surface area contributed by atoms with Gasteiger partial charge in [0.1, 0.15) is 17.5 Å². The summed E-state index contributed by atoms with van der Waals surface area (Å²) in [6.45, 7) is 0.676. The number of H-pyrrole nitrogens is 1. The lowest BCUT2D eigenvalue weighted by Gasteiger charge is -2.23. The molecule has 116 valence electrons. The fraction of sp³-hybridized carbons (Fsp3) is 0.375. The molecule has 1 amide bonds. The van der Waals surface area contributed by atoms with Gasteiger partial charge in [-0.15, -0.1) is 0 Å². The molecule has 0 unspecified atom stereocenters. The number of benzene rings is 1. The van der Waals surface area contributed by atoms with Crippen LogP contribution in [0.1, 0.15) is 36.7 Å². The van der Waals surface area contributed by atoms with Crippen LogP contribution < -0.4 is 0 Å². The number of halogens is 2. The van der Waals surface area contributed by atoms with Crippen LogP contribution in [0.15, 0.2) is 30.6 Å². The molecule has 0 radical (unpaired) electrons. The highest BCUT2D eigenvalue weighted by Crippen LogP contribution is 2.30. The van der Waals surface area contributed by atoms with Gasteiger partial charge >= 0.3 is 0 Å². The van der Waals surface area contributed by atoms with Crippen LogP contribution in [-0.2, 0) is 11.2 Å². The zero-order valence-corrected chi connectivity index (χ0v) is 12.1. The molecule has 2 heterocycles. The van der Waals surface area contributed by atoms with Crippen molar-refractivity contribution in [3.8, 4) is 0 Å². The molecule has 1 saturated heterocycles. The van der Waals surface area contributed by atoms with Crippen LogP contribution in [0.3, 0.4) is 0 Å². The first kappa shape index (κ1) is 14.7. The number of aromatic amines is 1. The summed E-state index contributed by atoms with van der Waals surface area (Å²) in [7, 11) is 0. The molecule has 0 saturated carbocycles. The highest BCUT2D eigenvalue weighted by molar-refractivity contribution is 5.77. The van der Waals surface area contributed by atoms with Crippen LogP contribution in [0.5, 0.6) is 0 Å². The van der Waals surface area contributed by atoms with E-state index in [0.29, 0.717) is 6.54 Å². The number of amides is 1. The van der Waals surface area contributed by atoms with Gasteiger partial charge in [0.2, 0.25) is 5.91 Å². The second-order valence-corrected chi connectivity index (χ2v) is 5.46. The van der Waals surface area contributed by atoms with Crippen molar-refractivity contribution in [1.29, 1.82) is 0 Å². The average molecular weight is 305 g/mol. The predicted molar refractivity (Wildman–Crippen MR) is 77.0 cm³/mol. The Kier molecular flexibility index (Phi) is 4.18. The quantitative estimate of drug-likeness (QED) is 0.944. The summed E-state index contributed by atoms with van der Waals surface area (Å²) >= 11 is 0. The molecule has 4 nitrogen and oxygen atoms in total. The van der Waals surface area contributed by atoms with E-state index >= 15 is 0 Å². The summed E-state index contributed by atoms with van der Waals surface area (Å²) in [6, 6.07) is 3.28. The second kappa shape index (κ2) is 6.25. The number of hydrogen-bond acceptors (Lipinski definition) is 2. The van der Waals surface area contributed by atoms with Gasteiger partial charge in [0.25, 0.3) is 0 Å². The molecule has 2 aromatic rings. The maximum atomic E-state index is 13.6. The van der Waals surface area contributed by atoms with Crippen LogP contribution in [0, 0.1) is 11.6 Å². The Morgan fingerprint density at radius 2 is 2.27 bits per heavy atom. The third-order valence-electron chi connectivity index (χ3n) is 4.02. The molecule has 6 heteroatoms. The summed E-state index contributed by atoms with van der Waals surface area (Å²) in [6.07, 6.45) is 5.55. The summed E-state index contributed by atoms with van der Waals surface area (Å²) < 4.78 is 26.7. The lowest BCUT2D eigenvalue weighted by Crippen LogP contribution is -2.31. The lowest BCUT2D eigenvalue weighted by molar-refractivity contribution is -0.132. The lowest BCUT2D eigenvalue weighted by atomic mass is 10.1. The van der Waals surface area contributed by atoms with Crippen LogP contribution in [0.4, 0.5) is 8.78 Å². The largest absolute Gasteiger partial charge is 0.347 e. The summed E-state index contributed by atoms with van der Waals surface area (Å²) in [5, 5.41) is 0. The second-order valence-electron chi connectivity index (χ2n) is 5.46. The van der Waals surface area contributed by atoms with E-state index in [-0.39, 0.29) is 30.4 Å². The number of nitrogens with zero attached hydrogens (tertiary/aromatic N) is 2. The van der Waals surface area contributed by atoms with Gasteiger partial charge in [0, 0.05) is 25.4 Å². The van der Waals surface area contributed by atoms with Crippen molar-refractivity contribution in [2.45, 2.75) is 31.7 Å². The zero-order valence-electron chi connectivity index (χ0n) is 12.1. The van der Waals surface area contributed by atoms with Gasteiger partial charge < -0.3 is 9.88 Å². The molecule has 1 fully saturated rings. The molecule has 1 atom stereocenters. The first-order valence-corrected chi connectivity index (χ1v) is 7.38. The van der Waals surface area contributed by atoms with E-state index in [0.717, 1.165) is 36.9 Å². The molecule has 0 spiro atoms. The number of rotatable bonds is 4. The predicted octanol–water partition coefficient (Wildman–Crippen LogP) is 2.98. The van der Waals surface area contributed by atoms with Gasteiger partial charge in [-0.25, -0.2) is 13.8 Å². The third kappa shape index (κ3) is 3.00. The minimum Gasteiger partial charge on any atom is -0.347 e. The summed E-state index contributed by atoms with van der Waals surface area (Å²) in [4.78, 5) is 21.4. The third-order valence-corrected chi connectivity index (χ3v) is 4.02. The maximum absolute atomic E-state index is 13.6. The van der Waals surface area contributed by atoms with E-state index in [1.807, 2.05) is 0 Å². The van der Waals surface area contributed by atoms with Gasteiger partial charge in [-0.1, -0.05) is 0 Å². The number of aryl methyl sites for hydroxylation is 1. The summed E-state index contributed by atoms with van der Waals surface area (Å²) in [5.41, 5.74) is 0.238. The van der Waals surface area contributed by atoms with Crippen molar-refractivity contribution in [3.05, 3.63) is 53.6 Å². The fourth-order valence-electron chi connectivity index (χ4n) is 2.93. The average Bonchev–Trinajstić information content (AvgIpc) is 3.17. The number of nitrogens with one attached hydrogen (secondary N) is 1. The van der Waals surface area contributed by atoms with E-state index in [2.05, 4.69) is 9.97 Å². The van der Waals surface area contributed by atoms with Crippen molar-refractivity contribution < 1.29 is 13.6 Å². The Labute approximate surface area is 127 Å². The smallest absolute Gasteiger partial charge is 0.223 e. The molecule has 1 aromatic carbocycles. The normalized spacial score (nSPS) is 17.9. The molecular weight excluding hydrogens is 288 g/mol. The van der Waals surface area contributed by atoms with Crippen LogP contribution in [-0.4, -0.2) is 27.3 Å². The molecule has 1 aromatic heterocycles. The number of carbonyl (C=O) groups is 1. The van der Waals surface area contributed by atoms with E-state index in [4.69, 9.17) is 0 Å². The van der Waals surface area contributed by atoms with E-state index in [1.165, 1.54) is 0 Å². The van der Waals surface area contributed by atoms with Crippen LogP contribution in [0.2, 0.25) is 0 Å². The van der Waals surface area contributed by atoms with Crippen LogP contribution in [0.25, 0.3) is 0 Å². The van der Waals surface area contributed by atoms with E-state index in [9.17, 15) is 13.6 Å². The van der Waals surface area contributed by atoms with Gasteiger partial charge in [0.05, 0.1) is 6.04 Å². The van der Waals surface area contributed by atoms with Gasteiger partial charge in [0.15, 0.2) is 0 Å². The van der Waals surface area contributed by atoms with Gasteiger partial charge in [-0.05, 0) is 43.0 Å². The van der Waals surface area contributed by atoms with E-state index in [1.54, 1.807) is 17.3 Å². The number of imidazole rings is 1.